The van der Waals surface area contributed by atoms with Crippen molar-refractivity contribution in [2.45, 2.75) is 13.5 Å². The van der Waals surface area contributed by atoms with E-state index >= 15 is 0 Å². The Balaban J connectivity index is 2.01. The van der Waals surface area contributed by atoms with Gasteiger partial charge in [-0.1, -0.05) is 0 Å². The van der Waals surface area contributed by atoms with Crippen LogP contribution in [0.25, 0.3) is 21.9 Å². The Kier molecular flexibility index (Phi) is 3.35. The van der Waals surface area contributed by atoms with Crippen LogP contribution < -0.4 is 5.73 Å². The van der Waals surface area contributed by atoms with Gasteiger partial charge in [-0.2, -0.15) is 0 Å². The summed E-state index contributed by atoms with van der Waals surface area (Å²) in [6.07, 6.45) is 4.87. The van der Waals surface area contributed by atoms with E-state index in [2.05, 4.69) is 19.9 Å². The molecule has 0 aliphatic carbocycles. The average molecular weight is 283 g/mol. The van der Waals surface area contributed by atoms with E-state index in [1.807, 2.05) is 6.92 Å². The summed E-state index contributed by atoms with van der Waals surface area (Å²) in [7, 11) is 0. The largest absolute Gasteiger partial charge is 0.404 e. The van der Waals surface area contributed by atoms with Gasteiger partial charge in [0, 0.05) is 11.6 Å². The molecule has 1 aromatic carbocycles. The lowest BCUT2D eigenvalue weighted by Crippen LogP contribution is -1.88. The molecule has 3 N–H and O–H groups in total. The second-order valence-corrected chi connectivity index (χ2v) is 4.75. The van der Waals surface area contributed by atoms with Crippen LogP contribution in [0.5, 0.6) is 0 Å². The van der Waals surface area contributed by atoms with Crippen LogP contribution in [0, 0.1) is 5.82 Å². The van der Waals surface area contributed by atoms with Crippen LogP contribution in [-0.4, -0.2) is 21.2 Å². The highest BCUT2D eigenvalue weighted by molar-refractivity contribution is 6.01. The van der Waals surface area contributed by atoms with Crippen molar-refractivity contribution in [3.05, 3.63) is 47.8 Å². The number of benzene rings is 1. The summed E-state index contributed by atoms with van der Waals surface area (Å²) in [6.45, 7) is 2.26. The number of hydrogen-bond donors (Lipinski definition) is 2. The third-order valence-electron chi connectivity index (χ3n) is 3.13. The molecule has 0 unspecified atom stereocenters. The third kappa shape index (κ3) is 2.60. The summed E-state index contributed by atoms with van der Waals surface area (Å²) in [4.78, 5) is 16.1. The van der Waals surface area contributed by atoms with Gasteiger partial charge in [-0.15, -0.1) is 0 Å². The van der Waals surface area contributed by atoms with Crippen molar-refractivity contribution in [3.8, 4) is 0 Å². The molecule has 21 heavy (non-hydrogen) atoms. The van der Waals surface area contributed by atoms with Crippen LogP contribution >= 0.6 is 0 Å². The van der Waals surface area contributed by atoms with Gasteiger partial charge in [-0.3, -0.25) is 9.98 Å². The number of fused-ring (bicyclic) bond motifs is 3. The molecule has 0 aliphatic rings. The molecule has 0 bridgehead atoms. The van der Waals surface area contributed by atoms with Crippen molar-refractivity contribution in [1.82, 2.24) is 15.0 Å². The fourth-order valence-corrected chi connectivity index (χ4v) is 2.08. The molecule has 106 valence electrons. The highest BCUT2D eigenvalue weighted by atomic mass is 19.1. The summed E-state index contributed by atoms with van der Waals surface area (Å²) >= 11 is 0. The quantitative estimate of drug-likeness (QED) is 0.725. The maximum Gasteiger partial charge on any atom is 0.129 e. The molecule has 0 radical (unpaired) electrons. The van der Waals surface area contributed by atoms with Gasteiger partial charge in [-0.05, 0) is 36.9 Å². The number of nitrogens with two attached hydrogens (primary N) is 1. The number of aromatic nitrogens is 3. The Morgan fingerprint density at radius 2 is 2.33 bits per heavy atom. The Labute approximate surface area is 120 Å². The Bertz CT molecular complexity index is 863. The Morgan fingerprint density at radius 3 is 3.14 bits per heavy atom. The van der Waals surface area contributed by atoms with E-state index < -0.39 is 0 Å². The van der Waals surface area contributed by atoms with Crippen LogP contribution in [0.3, 0.4) is 0 Å². The number of halogens is 1. The normalized spacial score (nSPS) is 12.8. The molecule has 0 aliphatic heterocycles. The zero-order valence-electron chi connectivity index (χ0n) is 11.5. The number of hydrogen-bond acceptors (Lipinski definition) is 4. The topological polar surface area (TPSA) is 80.0 Å². The number of imidazole rings is 1. The molecule has 0 amide bonds. The minimum Gasteiger partial charge on any atom is -0.404 e. The highest BCUT2D eigenvalue weighted by Crippen LogP contribution is 2.22. The van der Waals surface area contributed by atoms with E-state index in [0.29, 0.717) is 28.8 Å². The Morgan fingerprint density at radius 1 is 1.48 bits per heavy atom. The molecular formula is C15H14FN5. The fourth-order valence-electron chi connectivity index (χ4n) is 2.08. The maximum atomic E-state index is 13.4. The third-order valence-corrected chi connectivity index (χ3v) is 3.13. The van der Waals surface area contributed by atoms with Crippen LogP contribution in [0.4, 0.5) is 4.39 Å². The molecule has 2 aromatic heterocycles. The zero-order chi connectivity index (χ0) is 14.8. The first-order valence-corrected chi connectivity index (χ1v) is 6.48. The van der Waals surface area contributed by atoms with E-state index in [0.717, 1.165) is 11.1 Å². The average Bonchev–Trinajstić information content (AvgIpc) is 2.90. The van der Waals surface area contributed by atoms with Crippen molar-refractivity contribution in [3.63, 3.8) is 0 Å². The van der Waals surface area contributed by atoms with Crippen LogP contribution in [-0.2, 0) is 6.54 Å². The second kappa shape index (κ2) is 5.32. The molecule has 3 rings (SSSR count). The van der Waals surface area contributed by atoms with Gasteiger partial charge in [0.2, 0.25) is 0 Å². The summed E-state index contributed by atoms with van der Waals surface area (Å²) in [5, 5.41) is 0.692. The minimum atomic E-state index is -0.303. The lowest BCUT2D eigenvalue weighted by atomic mass is 10.2. The number of aromatic amines is 1. The van der Waals surface area contributed by atoms with E-state index in [9.17, 15) is 4.39 Å². The van der Waals surface area contributed by atoms with Gasteiger partial charge in [-0.25, -0.2) is 9.37 Å². The second-order valence-electron chi connectivity index (χ2n) is 4.75. The zero-order valence-corrected chi connectivity index (χ0v) is 11.5. The molecule has 0 spiro atoms. The lowest BCUT2D eigenvalue weighted by molar-refractivity contribution is 0.629. The monoisotopic (exact) mass is 283 g/mol. The van der Waals surface area contributed by atoms with Gasteiger partial charge < -0.3 is 10.7 Å². The predicted molar refractivity (Wildman–Crippen MR) is 81.5 cm³/mol. The lowest BCUT2D eigenvalue weighted by Gasteiger charge is -1.97. The van der Waals surface area contributed by atoms with E-state index in [4.69, 9.17) is 5.73 Å². The van der Waals surface area contributed by atoms with Gasteiger partial charge in [0.15, 0.2) is 0 Å². The summed E-state index contributed by atoms with van der Waals surface area (Å²) in [5.41, 5.74) is 8.43. The van der Waals surface area contributed by atoms with Gasteiger partial charge in [0.05, 0.1) is 29.3 Å². The molecule has 0 fully saturated rings. The van der Waals surface area contributed by atoms with Crippen LogP contribution in [0.1, 0.15) is 12.7 Å². The van der Waals surface area contributed by atoms with Gasteiger partial charge in [0.1, 0.15) is 11.6 Å². The van der Waals surface area contributed by atoms with Crippen molar-refractivity contribution in [2.24, 2.45) is 10.7 Å². The van der Waals surface area contributed by atoms with Crippen LogP contribution in [0.2, 0.25) is 0 Å². The minimum absolute atomic E-state index is 0.303. The number of rotatable bonds is 3. The maximum absolute atomic E-state index is 13.4. The van der Waals surface area contributed by atoms with E-state index in [1.54, 1.807) is 18.5 Å². The van der Waals surface area contributed by atoms with Crippen molar-refractivity contribution < 1.29 is 4.39 Å². The van der Waals surface area contributed by atoms with Crippen LogP contribution in [0.15, 0.2) is 41.2 Å². The number of pyridine rings is 1. The van der Waals surface area contributed by atoms with Gasteiger partial charge >= 0.3 is 0 Å². The first-order chi connectivity index (χ1) is 10.2. The summed E-state index contributed by atoms with van der Waals surface area (Å²) in [6, 6.07) is 4.48. The molecule has 6 heteroatoms. The number of aliphatic imine (C=N–C) groups is 1. The molecular weight excluding hydrogens is 269 g/mol. The number of nitrogens with one attached hydrogen (secondary N) is 1. The van der Waals surface area contributed by atoms with Crippen molar-refractivity contribution >= 4 is 28.2 Å². The first kappa shape index (κ1) is 13.2. The van der Waals surface area contributed by atoms with E-state index in [1.165, 1.54) is 18.3 Å². The number of allylic oxidation sites excluding steroid dienone is 1. The molecule has 0 saturated heterocycles. The molecule has 3 aromatic rings. The molecule has 0 atom stereocenters. The van der Waals surface area contributed by atoms with E-state index in [-0.39, 0.29) is 5.82 Å². The first-order valence-electron chi connectivity index (χ1n) is 6.48. The molecule has 2 heterocycles. The number of H-pyrrole nitrogens is 1. The summed E-state index contributed by atoms with van der Waals surface area (Å²) in [5.74, 6) is 0.396. The number of nitrogens with zero attached hydrogens (tertiary/aromatic N) is 3. The van der Waals surface area contributed by atoms with Crippen molar-refractivity contribution in [2.75, 3.05) is 0 Å². The smallest absolute Gasteiger partial charge is 0.129 e. The molecule has 5 nitrogen and oxygen atoms in total. The predicted octanol–water partition coefficient (Wildman–Crippen LogP) is 2.68. The molecule has 0 saturated carbocycles. The fraction of sp³-hybridized carbons (Fsp3) is 0.133. The SMILES string of the molecule is CC(C=NCc1nc2c(cnc3ccc(F)cc32)[nH]1)=CN. The summed E-state index contributed by atoms with van der Waals surface area (Å²) < 4.78 is 13.4. The van der Waals surface area contributed by atoms with Crippen molar-refractivity contribution in [1.29, 1.82) is 0 Å². The Hall–Kier alpha value is -2.76. The van der Waals surface area contributed by atoms with Gasteiger partial charge in [0.25, 0.3) is 0 Å². The standard InChI is InChI=1S/C15H14FN5/c1-9(5-17)6-18-8-14-20-13-7-19-12-3-2-10(16)4-11(12)15(13)21-14/h2-7H,8,17H2,1H3,(H,20,21). The highest BCUT2D eigenvalue weighted by Gasteiger charge is 2.08.